The lowest BCUT2D eigenvalue weighted by Crippen LogP contribution is -2.16. The summed E-state index contributed by atoms with van der Waals surface area (Å²) in [5, 5.41) is 4.97. The van der Waals surface area contributed by atoms with Gasteiger partial charge in [-0.2, -0.15) is 0 Å². The molecule has 166 valence electrons. The van der Waals surface area contributed by atoms with Crippen molar-refractivity contribution in [3.8, 4) is 0 Å². The van der Waals surface area contributed by atoms with Crippen molar-refractivity contribution in [3.05, 3.63) is 138 Å². The summed E-state index contributed by atoms with van der Waals surface area (Å²) >= 11 is 0. The minimum Gasteiger partial charge on any atom is -0.309 e. The van der Waals surface area contributed by atoms with E-state index in [0.29, 0.717) is 0 Å². The van der Waals surface area contributed by atoms with Crippen LogP contribution in [0.2, 0.25) is 0 Å². The standard InChI is InChI=1S/C34H25N/c1-34(2)30-17-9-16-28(30)29-21-20-25(22-31(29)34)35(32-18-7-12-23-10-3-5-14-26(23)32)33-19-8-13-24-11-4-6-15-27(24)33/h3-16,18-22H,1-2H3. The van der Waals surface area contributed by atoms with Crippen molar-refractivity contribution in [2.75, 3.05) is 4.90 Å². The molecule has 5 aromatic rings. The summed E-state index contributed by atoms with van der Waals surface area (Å²) in [4.78, 5) is 2.44. The maximum Gasteiger partial charge on any atom is 0.0540 e. The third-order valence-corrected chi connectivity index (χ3v) is 7.61. The topological polar surface area (TPSA) is 3.24 Å². The number of hydrogen-bond acceptors (Lipinski definition) is 1. The van der Waals surface area contributed by atoms with E-state index in [1.54, 1.807) is 0 Å². The summed E-state index contributed by atoms with van der Waals surface area (Å²) in [6, 6.07) is 37.5. The van der Waals surface area contributed by atoms with Crippen LogP contribution in [0.3, 0.4) is 0 Å². The second-order valence-corrected chi connectivity index (χ2v) is 9.95. The lowest BCUT2D eigenvalue weighted by Gasteiger charge is -2.29. The van der Waals surface area contributed by atoms with E-state index in [9.17, 15) is 0 Å². The van der Waals surface area contributed by atoms with Crippen LogP contribution in [0.25, 0.3) is 27.1 Å². The molecule has 0 heterocycles. The monoisotopic (exact) mass is 447 g/mol. The molecule has 35 heavy (non-hydrogen) atoms. The highest BCUT2D eigenvalue weighted by molar-refractivity contribution is 6.05. The van der Waals surface area contributed by atoms with Crippen LogP contribution in [0.1, 0.15) is 25.0 Å². The first-order valence-electron chi connectivity index (χ1n) is 12.2. The molecule has 7 rings (SSSR count). The van der Waals surface area contributed by atoms with Crippen LogP contribution in [0.15, 0.2) is 127 Å². The Bertz CT molecular complexity index is 1670. The normalized spacial score (nSPS) is 15.1. The van der Waals surface area contributed by atoms with E-state index in [2.05, 4.69) is 140 Å². The van der Waals surface area contributed by atoms with Crippen molar-refractivity contribution in [1.82, 2.24) is 0 Å². The highest BCUT2D eigenvalue weighted by Crippen LogP contribution is 2.52. The number of rotatable bonds is 3. The molecule has 1 heteroatoms. The van der Waals surface area contributed by atoms with Gasteiger partial charge in [0.1, 0.15) is 0 Å². The van der Waals surface area contributed by atoms with Gasteiger partial charge in [0, 0.05) is 27.4 Å². The zero-order valence-corrected chi connectivity index (χ0v) is 19.9. The Morgan fingerprint density at radius 1 is 0.657 bits per heavy atom. The van der Waals surface area contributed by atoms with Crippen LogP contribution in [0, 0.1) is 0 Å². The van der Waals surface area contributed by atoms with Crippen LogP contribution in [-0.2, 0) is 5.41 Å². The predicted molar refractivity (Wildman–Crippen MR) is 149 cm³/mol. The zero-order valence-electron chi connectivity index (χ0n) is 19.9. The van der Waals surface area contributed by atoms with Crippen molar-refractivity contribution in [2.24, 2.45) is 0 Å². The van der Waals surface area contributed by atoms with E-state index >= 15 is 0 Å². The van der Waals surface area contributed by atoms with Crippen molar-refractivity contribution in [3.63, 3.8) is 0 Å². The fourth-order valence-corrected chi connectivity index (χ4v) is 5.88. The molecule has 0 bridgehead atoms. The van der Waals surface area contributed by atoms with Gasteiger partial charge in [0.2, 0.25) is 0 Å². The minimum absolute atomic E-state index is 0.0760. The number of allylic oxidation sites excluding steroid dienone is 3. The van der Waals surface area contributed by atoms with Crippen LogP contribution < -0.4 is 4.90 Å². The first kappa shape index (κ1) is 20.1. The Kier molecular flexibility index (Phi) is 4.21. The van der Waals surface area contributed by atoms with Gasteiger partial charge in [-0.1, -0.05) is 92.7 Å². The predicted octanol–water partition coefficient (Wildman–Crippen LogP) is 9.23. The molecule has 0 aromatic heterocycles. The Hall–Kier alpha value is -4.32. The lowest BCUT2D eigenvalue weighted by molar-refractivity contribution is 0.663. The van der Waals surface area contributed by atoms with E-state index in [-0.39, 0.29) is 5.41 Å². The molecule has 0 aliphatic heterocycles. The van der Waals surface area contributed by atoms with Gasteiger partial charge in [-0.05, 0) is 63.9 Å². The van der Waals surface area contributed by atoms with Gasteiger partial charge >= 0.3 is 0 Å². The third kappa shape index (κ3) is 2.89. The Morgan fingerprint density at radius 2 is 1.26 bits per heavy atom. The number of anilines is 3. The molecule has 0 saturated carbocycles. The summed E-state index contributed by atoms with van der Waals surface area (Å²) in [6.45, 7) is 4.64. The van der Waals surface area contributed by atoms with Gasteiger partial charge in [-0.3, -0.25) is 0 Å². The average molecular weight is 448 g/mol. The maximum atomic E-state index is 3.50. The second-order valence-electron chi connectivity index (χ2n) is 9.95. The van der Waals surface area contributed by atoms with Gasteiger partial charge in [-0.25, -0.2) is 0 Å². The maximum absolute atomic E-state index is 3.50. The average Bonchev–Trinajstić information content (AvgIpc) is 3.47. The molecule has 0 unspecified atom stereocenters. The number of nitrogens with zero attached hydrogens (tertiary/aromatic N) is 1. The molecule has 0 spiro atoms. The van der Waals surface area contributed by atoms with Crippen LogP contribution >= 0.6 is 0 Å². The molecule has 2 aliphatic carbocycles. The van der Waals surface area contributed by atoms with Gasteiger partial charge in [0.25, 0.3) is 0 Å². The molecule has 0 saturated heterocycles. The smallest absolute Gasteiger partial charge is 0.0540 e. The van der Waals surface area contributed by atoms with Crippen molar-refractivity contribution < 1.29 is 0 Å². The highest BCUT2D eigenvalue weighted by atomic mass is 15.1. The molecular formula is C34H25N. The first-order valence-corrected chi connectivity index (χ1v) is 12.2. The molecule has 0 fully saturated rings. The molecule has 1 nitrogen and oxygen atoms in total. The van der Waals surface area contributed by atoms with Crippen molar-refractivity contribution in [2.45, 2.75) is 19.3 Å². The van der Waals surface area contributed by atoms with Gasteiger partial charge in [0.15, 0.2) is 0 Å². The van der Waals surface area contributed by atoms with Crippen molar-refractivity contribution in [1.29, 1.82) is 0 Å². The molecular weight excluding hydrogens is 422 g/mol. The molecule has 0 amide bonds. The highest BCUT2D eigenvalue weighted by Gasteiger charge is 2.39. The third-order valence-electron chi connectivity index (χ3n) is 7.61. The molecule has 0 radical (unpaired) electrons. The van der Waals surface area contributed by atoms with Crippen LogP contribution in [0.5, 0.6) is 0 Å². The molecule has 5 aromatic carbocycles. The van der Waals surface area contributed by atoms with E-state index in [4.69, 9.17) is 0 Å². The lowest BCUT2D eigenvalue weighted by atomic mass is 9.83. The zero-order chi connectivity index (χ0) is 23.6. The van der Waals surface area contributed by atoms with E-state index < -0.39 is 0 Å². The summed E-state index contributed by atoms with van der Waals surface area (Å²) in [5.74, 6) is 0. The fourth-order valence-electron chi connectivity index (χ4n) is 5.88. The summed E-state index contributed by atoms with van der Waals surface area (Å²) in [5.41, 5.74) is 12.3. The van der Waals surface area contributed by atoms with Gasteiger partial charge < -0.3 is 4.90 Å². The minimum atomic E-state index is -0.0760. The quantitative estimate of drug-likeness (QED) is 0.249. The Balaban J connectivity index is 1.53. The Labute approximate surface area is 206 Å². The SMILES string of the molecule is CC1(C)C2=C=CC=C2c2ccc(N(c3cccc4ccccc34)c3cccc4ccccc34)cc21. The Morgan fingerprint density at radius 3 is 1.91 bits per heavy atom. The van der Waals surface area contributed by atoms with Gasteiger partial charge in [0.05, 0.1) is 11.4 Å². The van der Waals surface area contributed by atoms with E-state index in [1.807, 2.05) is 0 Å². The van der Waals surface area contributed by atoms with Crippen LogP contribution in [-0.4, -0.2) is 0 Å². The first-order chi connectivity index (χ1) is 17.1. The molecule has 2 aliphatic rings. The van der Waals surface area contributed by atoms with Crippen molar-refractivity contribution >= 4 is 44.2 Å². The molecule has 0 atom stereocenters. The second kappa shape index (κ2) is 7.34. The molecule has 0 N–H and O–H groups in total. The summed E-state index contributed by atoms with van der Waals surface area (Å²) in [6.07, 6.45) is 4.26. The van der Waals surface area contributed by atoms with E-state index in [1.165, 1.54) is 60.9 Å². The van der Waals surface area contributed by atoms with Gasteiger partial charge in [-0.15, -0.1) is 5.73 Å². The fraction of sp³-hybridized carbons (Fsp3) is 0.0882. The van der Waals surface area contributed by atoms with Crippen LogP contribution in [0.4, 0.5) is 17.1 Å². The summed E-state index contributed by atoms with van der Waals surface area (Å²) < 4.78 is 0. The largest absolute Gasteiger partial charge is 0.309 e. The number of hydrogen-bond donors (Lipinski definition) is 0. The van der Waals surface area contributed by atoms with E-state index in [0.717, 1.165) is 0 Å². The number of benzene rings is 5. The number of fused-ring (bicyclic) bond motifs is 5. The summed E-state index contributed by atoms with van der Waals surface area (Å²) in [7, 11) is 0.